The van der Waals surface area contributed by atoms with Gasteiger partial charge in [0, 0.05) is 19.3 Å². The summed E-state index contributed by atoms with van der Waals surface area (Å²) in [4.78, 5) is 4.23. The van der Waals surface area contributed by atoms with Gasteiger partial charge in [0.25, 0.3) is 0 Å². The highest BCUT2D eigenvalue weighted by Gasteiger charge is 1.95. The number of hydrogen-bond acceptors (Lipinski definition) is 3. The quantitative estimate of drug-likeness (QED) is 0.660. The van der Waals surface area contributed by atoms with Gasteiger partial charge in [0.05, 0.1) is 0 Å². The van der Waals surface area contributed by atoms with Crippen molar-refractivity contribution in [3.63, 3.8) is 0 Å². The Balaban J connectivity index is 3.02. The van der Waals surface area contributed by atoms with Gasteiger partial charge in [-0.15, -0.1) is 0 Å². The Morgan fingerprint density at radius 3 is 2.82 bits per heavy atom. The first-order valence-electron chi connectivity index (χ1n) is 3.61. The van der Waals surface area contributed by atoms with Crippen molar-refractivity contribution in [2.75, 3.05) is 12.4 Å². The Morgan fingerprint density at radius 2 is 2.27 bits per heavy atom. The van der Waals surface area contributed by atoms with Gasteiger partial charge in [-0.05, 0) is 24.6 Å². The molecule has 0 spiro atoms. The third-order valence-corrected chi connectivity index (χ3v) is 1.51. The van der Waals surface area contributed by atoms with E-state index in [1.54, 1.807) is 0 Å². The van der Waals surface area contributed by atoms with Crippen LogP contribution in [0.2, 0.25) is 0 Å². The summed E-state index contributed by atoms with van der Waals surface area (Å²) in [6.45, 7) is 2.53. The maximum Gasteiger partial charge on any atom is 0.126 e. The molecule has 0 aromatic carbocycles. The number of aromatic nitrogens is 1. The van der Waals surface area contributed by atoms with Crippen molar-refractivity contribution in [2.24, 2.45) is 5.73 Å². The highest BCUT2D eigenvalue weighted by atomic mass is 15.0. The molecule has 0 saturated heterocycles. The zero-order valence-corrected chi connectivity index (χ0v) is 6.89. The lowest BCUT2D eigenvalue weighted by Gasteiger charge is -2.03. The molecule has 0 radical (unpaired) electrons. The number of pyridine rings is 1. The molecule has 0 amide bonds. The normalized spacial score (nSPS) is 9.73. The van der Waals surface area contributed by atoms with Crippen LogP contribution in [0.1, 0.15) is 11.3 Å². The van der Waals surface area contributed by atoms with Gasteiger partial charge >= 0.3 is 0 Å². The smallest absolute Gasteiger partial charge is 0.126 e. The summed E-state index contributed by atoms with van der Waals surface area (Å²) in [7, 11) is 1.85. The number of anilines is 1. The van der Waals surface area contributed by atoms with Crippen LogP contribution in [0.4, 0.5) is 5.82 Å². The van der Waals surface area contributed by atoms with Crippen LogP contribution >= 0.6 is 0 Å². The van der Waals surface area contributed by atoms with Crippen molar-refractivity contribution in [1.82, 2.24) is 4.98 Å². The minimum Gasteiger partial charge on any atom is -0.373 e. The van der Waals surface area contributed by atoms with E-state index >= 15 is 0 Å². The molecule has 1 heterocycles. The summed E-state index contributed by atoms with van der Waals surface area (Å²) < 4.78 is 0. The summed E-state index contributed by atoms with van der Waals surface area (Å²) in [6, 6.07) is 3.94. The predicted octanol–water partition coefficient (Wildman–Crippen LogP) is 0.890. The second-order valence-corrected chi connectivity index (χ2v) is 2.46. The van der Waals surface area contributed by atoms with Crippen molar-refractivity contribution in [2.45, 2.75) is 13.5 Å². The highest BCUT2D eigenvalue weighted by molar-refractivity contribution is 5.38. The molecule has 3 nitrogen and oxygen atoms in total. The zero-order chi connectivity index (χ0) is 8.27. The molecule has 0 aliphatic heterocycles. The molecule has 0 aliphatic rings. The van der Waals surface area contributed by atoms with Gasteiger partial charge in [0.1, 0.15) is 5.82 Å². The van der Waals surface area contributed by atoms with Crippen LogP contribution in [-0.4, -0.2) is 12.0 Å². The van der Waals surface area contributed by atoms with Crippen molar-refractivity contribution in [1.29, 1.82) is 0 Å². The monoisotopic (exact) mass is 151 g/mol. The van der Waals surface area contributed by atoms with Crippen LogP contribution in [0.15, 0.2) is 12.1 Å². The molecule has 1 aromatic rings. The van der Waals surface area contributed by atoms with Crippen LogP contribution in [-0.2, 0) is 6.54 Å². The first kappa shape index (κ1) is 8.01. The molecule has 0 bridgehead atoms. The van der Waals surface area contributed by atoms with E-state index in [0.717, 1.165) is 17.1 Å². The minimum absolute atomic E-state index is 0.567. The average molecular weight is 151 g/mol. The summed E-state index contributed by atoms with van der Waals surface area (Å²) in [5.74, 6) is 0.880. The fourth-order valence-electron chi connectivity index (χ4n) is 0.986. The summed E-state index contributed by atoms with van der Waals surface area (Å²) >= 11 is 0. The molecule has 0 unspecified atom stereocenters. The molecule has 11 heavy (non-hydrogen) atoms. The lowest BCUT2D eigenvalue weighted by Crippen LogP contribution is -2.00. The number of hydrogen-bond donors (Lipinski definition) is 2. The molecule has 1 aromatic heterocycles. The summed E-state index contributed by atoms with van der Waals surface area (Å²) in [6.07, 6.45) is 0. The topological polar surface area (TPSA) is 50.9 Å². The van der Waals surface area contributed by atoms with E-state index in [0.29, 0.717) is 6.54 Å². The number of aryl methyl sites for hydroxylation is 1. The molecule has 0 aliphatic carbocycles. The molecule has 3 N–H and O–H groups in total. The lowest BCUT2D eigenvalue weighted by atomic mass is 10.2. The SMILES string of the molecule is CNc1cc(CN)cc(C)n1. The maximum absolute atomic E-state index is 5.49. The number of nitrogens with one attached hydrogen (secondary N) is 1. The van der Waals surface area contributed by atoms with Crippen LogP contribution in [0.25, 0.3) is 0 Å². The minimum atomic E-state index is 0.567. The van der Waals surface area contributed by atoms with Gasteiger partial charge in [-0.3, -0.25) is 0 Å². The first-order chi connectivity index (χ1) is 5.26. The van der Waals surface area contributed by atoms with E-state index < -0.39 is 0 Å². The average Bonchev–Trinajstić information content (AvgIpc) is 2.03. The van der Waals surface area contributed by atoms with Gasteiger partial charge in [-0.25, -0.2) is 4.98 Å². The Labute approximate surface area is 66.6 Å². The maximum atomic E-state index is 5.49. The van der Waals surface area contributed by atoms with Gasteiger partial charge in [0.2, 0.25) is 0 Å². The van der Waals surface area contributed by atoms with Crippen molar-refractivity contribution < 1.29 is 0 Å². The van der Waals surface area contributed by atoms with Gasteiger partial charge in [-0.1, -0.05) is 0 Å². The largest absolute Gasteiger partial charge is 0.373 e. The van der Waals surface area contributed by atoms with E-state index in [9.17, 15) is 0 Å². The van der Waals surface area contributed by atoms with Crippen molar-refractivity contribution >= 4 is 5.82 Å². The molecular weight excluding hydrogens is 138 g/mol. The van der Waals surface area contributed by atoms with Crippen LogP contribution in [0.3, 0.4) is 0 Å². The number of nitrogens with zero attached hydrogens (tertiary/aromatic N) is 1. The Hall–Kier alpha value is -1.09. The zero-order valence-electron chi connectivity index (χ0n) is 6.89. The highest BCUT2D eigenvalue weighted by Crippen LogP contribution is 2.08. The van der Waals surface area contributed by atoms with E-state index in [1.165, 1.54) is 0 Å². The summed E-state index contributed by atoms with van der Waals surface area (Å²) in [5, 5.41) is 2.98. The Bertz CT molecular complexity index is 223. The van der Waals surface area contributed by atoms with Crippen molar-refractivity contribution in [3.8, 4) is 0 Å². The fraction of sp³-hybridized carbons (Fsp3) is 0.375. The van der Waals surface area contributed by atoms with Gasteiger partial charge in [0.15, 0.2) is 0 Å². The van der Waals surface area contributed by atoms with Crippen LogP contribution in [0, 0.1) is 6.92 Å². The van der Waals surface area contributed by atoms with E-state index in [-0.39, 0.29) is 0 Å². The van der Waals surface area contributed by atoms with Gasteiger partial charge in [-0.2, -0.15) is 0 Å². The number of nitrogens with two attached hydrogens (primary N) is 1. The second kappa shape index (κ2) is 3.34. The third-order valence-electron chi connectivity index (χ3n) is 1.51. The standard InChI is InChI=1S/C8H13N3/c1-6-3-7(5-9)4-8(10-2)11-6/h3-4H,5,9H2,1-2H3,(H,10,11). The van der Waals surface area contributed by atoms with E-state index in [4.69, 9.17) is 5.73 Å². The first-order valence-corrected chi connectivity index (χ1v) is 3.61. The molecule has 3 heteroatoms. The molecule has 60 valence electrons. The number of rotatable bonds is 2. The molecule has 0 saturated carbocycles. The molecule has 1 rings (SSSR count). The summed E-state index contributed by atoms with van der Waals surface area (Å²) in [5.41, 5.74) is 7.60. The Morgan fingerprint density at radius 1 is 1.55 bits per heavy atom. The second-order valence-electron chi connectivity index (χ2n) is 2.46. The van der Waals surface area contributed by atoms with E-state index in [1.807, 2.05) is 26.1 Å². The van der Waals surface area contributed by atoms with E-state index in [2.05, 4.69) is 10.3 Å². The molecule has 0 fully saturated rings. The Kier molecular flexibility index (Phi) is 2.44. The van der Waals surface area contributed by atoms with Crippen LogP contribution in [0.5, 0.6) is 0 Å². The third kappa shape index (κ3) is 1.91. The molecule has 0 atom stereocenters. The lowest BCUT2D eigenvalue weighted by molar-refractivity contribution is 1.04. The predicted molar refractivity (Wildman–Crippen MR) is 46.4 cm³/mol. The van der Waals surface area contributed by atoms with Gasteiger partial charge < -0.3 is 11.1 Å². The molecular formula is C8H13N3. The van der Waals surface area contributed by atoms with Crippen molar-refractivity contribution in [3.05, 3.63) is 23.4 Å². The fourth-order valence-corrected chi connectivity index (χ4v) is 0.986. The van der Waals surface area contributed by atoms with Crippen LogP contribution < -0.4 is 11.1 Å².